The minimum absolute atomic E-state index is 0.142. The highest BCUT2D eigenvalue weighted by Crippen LogP contribution is 2.15. The minimum Gasteiger partial charge on any atom is -0.381 e. The summed E-state index contributed by atoms with van der Waals surface area (Å²) < 4.78 is 7.79. The summed E-state index contributed by atoms with van der Waals surface area (Å²) in [5, 5.41) is 0. The summed E-state index contributed by atoms with van der Waals surface area (Å²) in [5.74, 6) is 0.511. The van der Waals surface area contributed by atoms with Gasteiger partial charge >= 0.3 is 0 Å². The standard InChI is InChI=1S/C10H14N2O2S/c13-9-3-4-12(10(15)11-9)6-8-2-1-5-14-7-8/h3-4,8H,1-2,5-7H2,(H,11,13,15). The maximum Gasteiger partial charge on any atom is 0.251 e. The van der Waals surface area contributed by atoms with Crippen molar-refractivity contribution in [3.63, 3.8) is 0 Å². The minimum atomic E-state index is -0.142. The molecule has 1 aliphatic heterocycles. The van der Waals surface area contributed by atoms with Crippen molar-refractivity contribution in [2.45, 2.75) is 19.4 Å². The second-order valence-electron chi connectivity index (χ2n) is 3.85. The largest absolute Gasteiger partial charge is 0.381 e. The van der Waals surface area contributed by atoms with Crippen LogP contribution in [0.4, 0.5) is 0 Å². The second kappa shape index (κ2) is 4.72. The van der Waals surface area contributed by atoms with Crippen LogP contribution in [0.3, 0.4) is 0 Å². The van der Waals surface area contributed by atoms with E-state index in [-0.39, 0.29) is 5.56 Å². The Hall–Kier alpha value is -0.940. The van der Waals surface area contributed by atoms with Crippen molar-refractivity contribution in [3.8, 4) is 0 Å². The molecule has 0 bridgehead atoms. The third kappa shape index (κ3) is 2.76. The molecule has 1 aromatic rings. The first-order chi connectivity index (χ1) is 7.25. The van der Waals surface area contributed by atoms with Crippen LogP contribution < -0.4 is 5.56 Å². The lowest BCUT2D eigenvalue weighted by Gasteiger charge is -2.22. The van der Waals surface area contributed by atoms with Crippen LogP contribution in [0.15, 0.2) is 17.1 Å². The highest BCUT2D eigenvalue weighted by molar-refractivity contribution is 7.71. The van der Waals surface area contributed by atoms with Crippen molar-refractivity contribution < 1.29 is 4.74 Å². The molecule has 1 saturated heterocycles. The molecule has 0 aliphatic carbocycles. The molecule has 2 rings (SSSR count). The summed E-state index contributed by atoms with van der Waals surface area (Å²) in [4.78, 5) is 13.6. The SMILES string of the molecule is O=c1ccn(CC2CCCOC2)c(=S)[nH]1. The molecule has 1 fully saturated rings. The van der Waals surface area contributed by atoms with Gasteiger partial charge in [0.05, 0.1) is 6.61 Å². The van der Waals surface area contributed by atoms with E-state index < -0.39 is 0 Å². The lowest BCUT2D eigenvalue weighted by Crippen LogP contribution is -2.23. The fraction of sp³-hybridized carbons (Fsp3) is 0.600. The summed E-state index contributed by atoms with van der Waals surface area (Å²) >= 11 is 5.07. The van der Waals surface area contributed by atoms with Gasteiger partial charge in [0.1, 0.15) is 0 Å². The number of nitrogens with zero attached hydrogens (tertiary/aromatic N) is 1. The van der Waals surface area contributed by atoms with Gasteiger partial charge in [-0.3, -0.25) is 9.78 Å². The van der Waals surface area contributed by atoms with Gasteiger partial charge in [0.25, 0.3) is 5.56 Å². The summed E-state index contributed by atoms with van der Waals surface area (Å²) in [7, 11) is 0. The van der Waals surface area contributed by atoms with Crippen LogP contribution in [0.25, 0.3) is 0 Å². The normalized spacial score (nSPS) is 21.5. The topological polar surface area (TPSA) is 47.0 Å². The quantitative estimate of drug-likeness (QED) is 0.774. The Kier molecular flexibility index (Phi) is 3.33. The predicted molar refractivity (Wildman–Crippen MR) is 59.4 cm³/mol. The molecule has 0 saturated carbocycles. The smallest absolute Gasteiger partial charge is 0.251 e. The Bertz CT molecular complexity index is 432. The first-order valence-electron chi connectivity index (χ1n) is 5.13. The first-order valence-corrected chi connectivity index (χ1v) is 5.54. The number of hydrogen-bond acceptors (Lipinski definition) is 3. The third-order valence-corrected chi connectivity index (χ3v) is 2.94. The van der Waals surface area contributed by atoms with Gasteiger partial charge in [-0.2, -0.15) is 0 Å². The predicted octanol–water partition coefficient (Wildman–Crippen LogP) is 1.33. The summed E-state index contributed by atoms with van der Waals surface area (Å²) in [6.07, 6.45) is 4.03. The van der Waals surface area contributed by atoms with Crippen molar-refractivity contribution >= 4 is 12.2 Å². The average molecular weight is 226 g/mol. The molecule has 1 atom stereocenters. The number of hydrogen-bond donors (Lipinski definition) is 1. The number of nitrogens with one attached hydrogen (secondary N) is 1. The van der Waals surface area contributed by atoms with Crippen molar-refractivity contribution in [3.05, 3.63) is 27.4 Å². The van der Waals surface area contributed by atoms with Gasteiger partial charge in [0.15, 0.2) is 4.77 Å². The van der Waals surface area contributed by atoms with Gasteiger partial charge in [0.2, 0.25) is 0 Å². The zero-order valence-corrected chi connectivity index (χ0v) is 9.26. The van der Waals surface area contributed by atoms with E-state index in [2.05, 4.69) is 4.98 Å². The first kappa shape index (κ1) is 10.6. The average Bonchev–Trinajstić information content (AvgIpc) is 2.24. The summed E-state index contributed by atoms with van der Waals surface area (Å²) in [6.45, 7) is 2.49. The van der Waals surface area contributed by atoms with E-state index in [1.807, 2.05) is 4.57 Å². The lowest BCUT2D eigenvalue weighted by atomic mass is 10.0. The second-order valence-corrected chi connectivity index (χ2v) is 4.23. The van der Waals surface area contributed by atoms with Crippen LogP contribution >= 0.6 is 12.2 Å². The number of aromatic amines is 1. The van der Waals surface area contributed by atoms with Crippen LogP contribution in [-0.2, 0) is 11.3 Å². The van der Waals surface area contributed by atoms with E-state index in [0.29, 0.717) is 10.7 Å². The van der Waals surface area contributed by atoms with Crippen molar-refractivity contribution in [1.82, 2.24) is 9.55 Å². The molecular weight excluding hydrogens is 212 g/mol. The molecule has 0 aromatic carbocycles. The van der Waals surface area contributed by atoms with Crippen molar-refractivity contribution in [1.29, 1.82) is 0 Å². The Balaban J connectivity index is 2.09. The van der Waals surface area contributed by atoms with Gasteiger partial charge in [-0.25, -0.2) is 0 Å². The molecule has 15 heavy (non-hydrogen) atoms. The molecule has 0 radical (unpaired) electrons. The Morgan fingerprint density at radius 3 is 3.20 bits per heavy atom. The van der Waals surface area contributed by atoms with Gasteiger partial charge in [-0.05, 0) is 25.1 Å². The summed E-state index contributed by atoms with van der Waals surface area (Å²) in [5.41, 5.74) is -0.142. The molecule has 5 heteroatoms. The van der Waals surface area contributed by atoms with Crippen LogP contribution in [-0.4, -0.2) is 22.8 Å². The molecule has 4 nitrogen and oxygen atoms in total. The highest BCUT2D eigenvalue weighted by Gasteiger charge is 2.14. The van der Waals surface area contributed by atoms with E-state index >= 15 is 0 Å². The summed E-state index contributed by atoms with van der Waals surface area (Å²) in [6, 6.07) is 1.50. The Morgan fingerprint density at radius 1 is 1.67 bits per heavy atom. The van der Waals surface area contributed by atoms with Crippen LogP contribution in [0.5, 0.6) is 0 Å². The molecule has 1 aliphatic rings. The lowest BCUT2D eigenvalue weighted by molar-refractivity contribution is 0.0480. The number of ether oxygens (including phenoxy) is 1. The monoisotopic (exact) mass is 226 g/mol. The number of aromatic nitrogens is 2. The number of H-pyrrole nitrogens is 1. The highest BCUT2D eigenvalue weighted by atomic mass is 32.1. The third-order valence-electron chi connectivity index (χ3n) is 2.61. The molecule has 1 unspecified atom stereocenters. The Morgan fingerprint density at radius 2 is 2.53 bits per heavy atom. The molecular formula is C10H14N2O2S. The van der Waals surface area contributed by atoms with Gasteiger partial charge < -0.3 is 9.30 Å². The Labute approximate surface area is 92.9 Å². The van der Waals surface area contributed by atoms with Crippen molar-refractivity contribution in [2.24, 2.45) is 5.92 Å². The molecule has 2 heterocycles. The fourth-order valence-corrected chi connectivity index (χ4v) is 2.05. The zero-order valence-electron chi connectivity index (χ0n) is 8.44. The van der Waals surface area contributed by atoms with E-state index in [1.54, 1.807) is 6.20 Å². The zero-order chi connectivity index (χ0) is 10.7. The molecule has 0 spiro atoms. The van der Waals surface area contributed by atoms with Crippen LogP contribution in [0.2, 0.25) is 0 Å². The molecule has 0 amide bonds. The molecule has 1 aromatic heterocycles. The fourth-order valence-electron chi connectivity index (χ4n) is 1.82. The molecule has 1 N–H and O–H groups in total. The van der Waals surface area contributed by atoms with Gasteiger partial charge in [-0.1, -0.05) is 0 Å². The number of rotatable bonds is 2. The molecule has 82 valence electrons. The van der Waals surface area contributed by atoms with E-state index in [1.165, 1.54) is 12.5 Å². The maximum atomic E-state index is 11.0. The van der Waals surface area contributed by atoms with Gasteiger partial charge in [-0.15, -0.1) is 0 Å². The maximum absolute atomic E-state index is 11.0. The van der Waals surface area contributed by atoms with E-state index in [4.69, 9.17) is 17.0 Å². The van der Waals surface area contributed by atoms with E-state index in [9.17, 15) is 4.79 Å². The van der Waals surface area contributed by atoms with Crippen LogP contribution in [0.1, 0.15) is 12.8 Å². The van der Waals surface area contributed by atoms with Crippen molar-refractivity contribution in [2.75, 3.05) is 13.2 Å². The van der Waals surface area contributed by atoms with Crippen LogP contribution in [0, 0.1) is 10.7 Å². The van der Waals surface area contributed by atoms with E-state index in [0.717, 1.165) is 26.2 Å². The van der Waals surface area contributed by atoms with Gasteiger partial charge in [0, 0.05) is 31.3 Å².